The van der Waals surface area contributed by atoms with Gasteiger partial charge in [0.05, 0.1) is 18.5 Å². The van der Waals surface area contributed by atoms with Crippen molar-refractivity contribution in [1.82, 2.24) is 9.80 Å². The maximum atomic E-state index is 14.4. The van der Waals surface area contributed by atoms with Crippen LogP contribution in [0.2, 0.25) is 0 Å². The van der Waals surface area contributed by atoms with Gasteiger partial charge in [0.1, 0.15) is 0 Å². The number of methoxy groups -OCH3 is 1. The highest BCUT2D eigenvalue weighted by Crippen LogP contribution is 2.52. The van der Waals surface area contributed by atoms with Crippen molar-refractivity contribution in [2.45, 2.75) is 11.0 Å². The van der Waals surface area contributed by atoms with Gasteiger partial charge in [-0.3, -0.25) is 9.69 Å². The molecule has 2 atom stereocenters. The number of carbonyl (C=O) groups is 3. The van der Waals surface area contributed by atoms with Gasteiger partial charge in [0.25, 0.3) is 0 Å². The van der Waals surface area contributed by atoms with Gasteiger partial charge >= 0.3 is 18.0 Å². The molecule has 186 valence electrons. The van der Waals surface area contributed by atoms with Crippen LogP contribution in [0.4, 0.5) is 21.0 Å². The van der Waals surface area contributed by atoms with Crippen LogP contribution < -0.4 is 9.80 Å². The number of carbonyl (C=O) groups excluding carboxylic acids is 3. The number of rotatable bonds is 4. The average Bonchev–Trinajstić information content (AvgIpc) is 3.35. The smallest absolute Gasteiger partial charge is 0.340 e. The Hall–Kier alpha value is -4.24. The fraction of sp³-hybridized carbons (Fsp3) is 0.179. The number of para-hydroxylation sites is 2. The van der Waals surface area contributed by atoms with E-state index >= 15 is 0 Å². The monoisotopic (exact) mass is 512 g/mol. The minimum atomic E-state index is -1.45. The van der Waals surface area contributed by atoms with Gasteiger partial charge in [-0.05, 0) is 35.2 Å². The van der Waals surface area contributed by atoms with Crippen molar-refractivity contribution in [3.8, 4) is 0 Å². The second kappa shape index (κ2) is 9.01. The quantitative estimate of drug-likeness (QED) is 0.467. The van der Waals surface area contributed by atoms with Crippen molar-refractivity contribution < 1.29 is 19.1 Å². The van der Waals surface area contributed by atoms with Crippen molar-refractivity contribution in [2.24, 2.45) is 0 Å². The van der Waals surface area contributed by atoms with E-state index in [1.807, 2.05) is 77.0 Å². The molecular formula is C28H24N4O4S. The molecule has 0 aliphatic carbocycles. The summed E-state index contributed by atoms with van der Waals surface area (Å²) in [6.45, 7) is 0.747. The van der Waals surface area contributed by atoms with E-state index in [9.17, 15) is 14.4 Å². The molecule has 0 saturated carbocycles. The number of hydrogen-bond acceptors (Lipinski definition) is 6. The van der Waals surface area contributed by atoms with Gasteiger partial charge in [-0.15, -0.1) is 11.8 Å². The number of amides is 4. The lowest BCUT2D eigenvalue weighted by atomic mass is 10.0. The normalized spacial score (nSPS) is 22.9. The van der Waals surface area contributed by atoms with Crippen LogP contribution >= 0.6 is 11.8 Å². The van der Waals surface area contributed by atoms with E-state index in [4.69, 9.17) is 4.74 Å². The van der Waals surface area contributed by atoms with Gasteiger partial charge in [0, 0.05) is 18.8 Å². The number of hydrogen-bond donors (Lipinski definition) is 0. The standard InChI is InChI=1S/C28H24N4O4S/c1-36-25(33)24-28-29(23(19-37-24)20-11-5-2-6-12-20)17-18-30(28)26(34)31(21-13-7-3-8-14-21)27(35)32(28)22-15-9-4-10-16-22/h2-16,19,24H,17-18H2,1H3/t24-,28+/m1/s1. The lowest BCUT2D eigenvalue weighted by Gasteiger charge is -2.58. The third-order valence-corrected chi connectivity index (χ3v) is 8.09. The summed E-state index contributed by atoms with van der Waals surface area (Å²) >= 11 is 1.27. The fourth-order valence-corrected chi connectivity index (χ4v) is 6.69. The van der Waals surface area contributed by atoms with Gasteiger partial charge in [-0.2, -0.15) is 0 Å². The largest absolute Gasteiger partial charge is 0.468 e. The van der Waals surface area contributed by atoms with Crippen LogP contribution in [0.1, 0.15) is 5.56 Å². The predicted octanol–water partition coefficient (Wildman–Crippen LogP) is 4.81. The highest BCUT2D eigenvalue weighted by molar-refractivity contribution is 8.03. The number of ether oxygens (including phenoxy) is 1. The second-order valence-corrected chi connectivity index (χ2v) is 9.79. The van der Waals surface area contributed by atoms with Crippen LogP contribution in [0.5, 0.6) is 0 Å². The zero-order valence-corrected chi connectivity index (χ0v) is 20.9. The molecule has 3 aromatic carbocycles. The third-order valence-electron chi connectivity index (χ3n) is 6.95. The Morgan fingerprint density at radius 2 is 1.38 bits per heavy atom. The van der Waals surface area contributed by atoms with Gasteiger partial charge in [-0.1, -0.05) is 66.7 Å². The summed E-state index contributed by atoms with van der Waals surface area (Å²) in [6, 6.07) is 26.8. The number of urea groups is 2. The van der Waals surface area contributed by atoms with Crippen molar-refractivity contribution in [3.63, 3.8) is 0 Å². The van der Waals surface area contributed by atoms with Crippen LogP contribution in [-0.2, 0) is 9.53 Å². The summed E-state index contributed by atoms with van der Waals surface area (Å²) in [5, 5.41) is 1.02. The van der Waals surface area contributed by atoms with Gasteiger partial charge < -0.3 is 9.64 Å². The molecule has 0 radical (unpaired) electrons. The average molecular weight is 513 g/mol. The number of anilines is 2. The molecule has 2 saturated heterocycles. The molecular weight excluding hydrogens is 488 g/mol. The zero-order chi connectivity index (χ0) is 25.6. The third kappa shape index (κ3) is 3.34. The fourth-order valence-electron chi connectivity index (χ4n) is 5.41. The van der Waals surface area contributed by atoms with E-state index < -0.39 is 29.1 Å². The molecule has 4 amide bonds. The Morgan fingerprint density at radius 1 is 0.811 bits per heavy atom. The first kappa shape index (κ1) is 23.2. The van der Waals surface area contributed by atoms with E-state index in [0.717, 1.165) is 11.3 Å². The molecule has 2 fully saturated rings. The highest BCUT2D eigenvalue weighted by atomic mass is 32.2. The topological polar surface area (TPSA) is 73.4 Å². The zero-order valence-electron chi connectivity index (χ0n) is 20.1. The first-order chi connectivity index (χ1) is 18.1. The van der Waals surface area contributed by atoms with Crippen molar-refractivity contribution in [1.29, 1.82) is 0 Å². The van der Waals surface area contributed by atoms with Crippen LogP contribution in [0, 0.1) is 0 Å². The summed E-state index contributed by atoms with van der Waals surface area (Å²) in [6.07, 6.45) is 0. The molecule has 6 rings (SSSR count). The van der Waals surface area contributed by atoms with Crippen molar-refractivity contribution in [2.75, 3.05) is 30.0 Å². The first-order valence-electron chi connectivity index (χ1n) is 11.9. The maximum Gasteiger partial charge on any atom is 0.340 e. The van der Waals surface area contributed by atoms with Gasteiger partial charge in [-0.25, -0.2) is 19.4 Å². The van der Waals surface area contributed by atoms with Crippen molar-refractivity contribution >= 4 is 46.9 Å². The van der Waals surface area contributed by atoms with Gasteiger partial charge in [0.15, 0.2) is 5.25 Å². The van der Waals surface area contributed by atoms with Crippen LogP contribution in [0.15, 0.2) is 96.4 Å². The molecule has 0 aromatic heterocycles. The molecule has 1 spiro atoms. The molecule has 3 aromatic rings. The van der Waals surface area contributed by atoms with Crippen molar-refractivity contribution in [3.05, 3.63) is 102 Å². The first-order valence-corrected chi connectivity index (χ1v) is 12.9. The van der Waals surface area contributed by atoms with E-state index in [0.29, 0.717) is 24.5 Å². The summed E-state index contributed by atoms with van der Waals surface area (Å²) < 4.78 is 5.24. The summed E-state index contributed by atoms with van der Waals surface area (Å²) in [7, 11) is 1.33. The number of imide groups is 1. The minimum absolute atomic E-state index is 0.316. The molecule has 0 bridgehead atoms. The number of benzene rings is 3. The van der Waals surface area contributed by atoms with E-state index in [-0.39, 0.29) is 0 Å². The summed E-state index contributed by atoms with van der Waals surface area (Å²) in [4.78, 5) is 48.3. The molecule has 9 heteroatoms. The Balaban J connectivity index is 1.61. The van der Waals surface area contributed by atoms with E-state index in [1.54, 1.807) is 34.1 Å². The Bertz CT molecular complexity index is 1390. The Labute approximate surface area is 218 Å². The number of nitrogens with zero attached hydrogens (tertiary/aromatic N) is 4. The summed E-state index contributed by atoms with van der Waals surface area (Å²) in [5.41, 5.74) is 2.80. The Kier molecular flexibility index (Phi) is 5.64. The van der Waals surface area contributed by atoms with Crippen LogP contribution in [-0.4, -0.2) is 59.1 Å². The second-order valence-electron chi connectivity index (χ2n) is 8.81. The molecule has 0 N–H and O–H groups in total. The molecule has 3 aliphatic heterocycles. The van der Waals surface area contributed by atoms with Crippen LogP contribution in [0.3, 0.4) is 0 Å². The maximum absolute atomic E-state index is 14.4. The van der Waals surface area contributed by atoms with Crippen LogP contribution in [0.25, 0.3) is 5.70 Å². The molecule has 3 aliphatic rings. The molecule has 3 heterocycles. The summed E-state index contributed by atoms with van der Waals surface area (Å²) in [5.74, 6) is -1.96. The molecule has 8 nitrogen and oxygen atoms in total. The lowest BCUT2D eigenvalue weighted by molar-refractivity contribution is -0.144. The number of esters is 1. The number of thioether (sulfide) groups is 1. The van der Waals surface area contributed by atoms with E-state index in [2.05, 4.69) is 0 Å². The Morgan fingerprint density at radius 3 is 2.00 bits per heavy atom. The predicted molar refractivity (Wildman–Crippen MR) is 143 cm³/mol. The SMILES string of the molecule is COC(=O)[C@H]1SC=C(c2ccccc2)N2CCN3C(=O)N(c4ccccc4)C(=O)N(c4ccccc4)[C@]132. The van der Waals surface area contributed by atoms with E-state index in [1.165, 1.54) is 23.8 Å². The molecule has 37 heavy (non-hydrogen) atoms. The molecule has 0 unspecified atom stereocenters. The minimum Gasteiger partial charge on any atom is -0.468 e. The van der Waals surface area contributed by atoms with Gasteiger partial charge in [0.2, 0.25) is 5.79 Å². The lowest BCUT2D eigenvalue weighted by Crippen LogP contribution is -2.81. The highest BCUT2D eigenvalue weighted by Gasteiger charge is 2.69.